The van der Waals surface area contributed by atoms with Crippen LogP contribution >= 0.6 is 0 Å². The summed E-state index contributed by atoms with van der Waals surface area (Å²) in [6.45, 7) is 4.77. The van der Waals surface area contributed by atoms with Crippen LogP contribution in [0.5, 0.6) is 6.01 Å². The number of ether oxygens (including phenoxy) is 2. The van der Waals surface area contributed by atoms with E-state index in [-0.39, 0.29) is 31.0 Å². The highest BCUT2D eigenvalue weighted by Gasteiger charge is 2.40. The number of aryl methyl sites for hydroxylation is 1. The Kier molecular flexibility index (Phi) is 6.20. The monoisotopic (exact) mass is 510 g/mol. The van der Waals surface area contributed by atoms with Gasteiger partial charge in [-0.25, -0.2) is 9.07 Å². The summed E-state index contributed by atoms with van der Waals surface area (Å²) in [6.07, 6.45) is 2.61. The molecule has 0 amide bonds. The van der Waals surface area contributed by atoms with Gasteiger partial charge in [-0.2, -0.15) is 15.1 Å². The van der Waals surface area contributed by atoms with Crippen molar-refractivity contribution in [1.29, 1.82) is 0 Å². The predicted octanol–water partition coefficient (Wildman–Crippen LogP) is 2.71. The molecule has 11 heteroatoms. The molecule has 1 aromatic carbocycles. The Morgan fingerprint density at radius 2 is 2.08 bits per heavy atom. The molecule has 0 aliphatic carbocycles. The van der Waals surface area contributed by atoms with Crippen LogP contribution in [0.4, 0.5) is 10.2 Å². The Morgan fingerprint density at radius 3 is 2.78 bits per heavy atom. The van der Waals surface area contributed by atoms with E-state index in [1.807, 2.05) is 30.0 Å². The number of carbonyl (C=O) groups is 1. The first-order valence-corrected chi connectivity index (χ1v) is 12.8. The van der Waals surface area contributed by atoms with Gasteiger partial charge in [0.2, 0.25) is 0 Å². The second-order valence-corrected chi connectivity index (χ2v) is 10.2. The fourth-order valence-electron chi connectivity index (χ4n) is 5.99. The van der Waals surface area contributed by atoms with Crippen molar-refractivity contribution in [3.05, 3.63) is 35.5 Å². The van der Waals surface area contributed by atoms with Gasteiger partial charge in [0.05, 0.1) is 44.0 Å². The number of carboxylic acid groups (broad SMARTS) is 1. The summed E-state index contributed by atoms with van der Waals surface area (Å²) in [7, 11) is 1.55. The van der Waals surface area contributed by atoms with Gasteiger partial charge in [0.1, 0.15) is 12.0 Å². The molecule has 10 nitrogen and oxygen atoms in total. The Labute approximate surface area is 214 Å². The van der Waals surface area contributed by atoms with Crippen LogP contribution < -0.4 is 9.64 Å². The maximum Gasteiger partial charge on any atom is 0.320 e. The molecule has 3 aliphatic rings. The molecule has 2 unspecified atom stereocenters. The number of morpholine rings is 1. The zero-order valence-corrected chi connectivity index (χ0v) is 21.0. The molecule has 0 radical (unpaired) electrons. The van der Waals surface area contributed by atoms with E-state index in [0.29, 0.717) is 38.0 Å². The number of carboxylic acids is 1. The highest BCUT2D eigenvalue weighted by Crippen LogP contribution is 2.36. The van der Waals surface area contributed by atoms with E-state index in [0.717, 1.165) is 40.8 Å². The fourth-order valence-corrected chi connectivity index (χ4v) is 5.99. The molecule has 3 aliphatic heterocycles. The highest BCUT2D eigenvalue weighted by molar-refractivity contribution is 5.82. The van der Waals surface area contributed by atoms with Crippen LogP contribution in [0.15, 0.2) is 24.4 Å². The minimum Gasteiger partial charge on any atom is -0.481 e. The van der Waals surface area contributed by atoms with Gasteiger partial charge < -0.3 is 19.5 Å². The van der Waals surface area contributed by atoms with Crippen molar-refractivity contribution >= 4 is 22.7 Å². The Bertz CT molecular complexity index is 1330. The first kappa shape index (κ1) is 24.1. The van der Waals surface area contributed by atoms with Gasteiger partial charge in [0, 0.05) is 37.0 Å². The summed E-state index contributed by atoms with van der Waals surface area (Å²) in [5.74, 6) is 0.258. The predicted molar refractivity (Wildman–Crippen MR) is 134 cm³/mol. The van der Waals surface area contributed by atoms with E-state index < -0.39 is 12.1 Å². The zero-order valence-electron chi connectivity index (χ0n) is 21.0. The molecule has 3 saturated heterocycles. The smallest absolute Gasteiger partial charge is 0.320 e. The Hall–Kier alpha value is -3.31. The summed E-state index contributed by atoms with van der Waals surface area (Å²) in [5, 5.41) is 14.5. The van der Waals surface area contributed by atoms with Crippen LogP contribution in [0.1, 0.15) is 36.3 Å². The zero-order chi connectivity index (χ0) is 25.7. The maximum atomic E-state index is 15.4. The van der Waals surface area contributed by atoms with Crippen LogP contribution in [0.2, 0.25) is 0 Å². The van der Waals surface area contributed by atoms with Crippen LogP contribution in [0, 0.1) is 6.92 Å². The van der Waals surface area contributed by atoms with E-state index in [9.17, 15) is 4.79 Å². The van der Waals surface area contributed by atoms with E-state index in [4.69, 9.17) is 14.6 Å². The van der Waals surface area contributed by atoms with Gasteiger partial charge in [0.25, 0.3) is 0 Å². The first-order valence-electron chi connectivity index (χ1n) is 12.8. The van der Waals surface area contributed by atoms with E-state index in [2.05, 4.69) is 20.0 Å². The molecule has 4 atom stereocenters. The third-order valence-corrected chi connectivity index (χ3v) is 7.90. The molecule has 3 aromatic rings. The van der Waals surface area contributed by atoms with Crippen LogP contribution in [-0.4, -0.2) is 93.9 Å². The molecule has 6 rings (SSSR count). The summed E-state index contributed by atoms with van der Waals surface area (Å²) in [5.41, 5.74) is 2.82. The highest BCUT2D eigenvalue weighted by atomic mass is 19.1. The van der Waals surface area contributed by atoms with Crippen molar-refractivity contribution in [2.45, 2.75) is 50.4 Å². The molecule has 2 aromatic heterocycles. The number of benzene rings is 1. The van der Waals surface area contributed by atoms with Crippen molar-refractivity contribution in [3.8, 4) is 11.8 Å². The van der Waals surface area contributed by atoms with Crippen molar-refractivity contribution < 1.29 is 23.8 Å². The molecule has 0 spiro atoms. The molecular formula is C26H31FN6O4. The normalized spacial score (nSPS) is 25.8. The number of likely N-dealkylation sites (tertiary alicyclic amines) is 1. The second-order valence-electron chi connectivity index (χ2n) is 10.2. The lowest BCUT2D eigenvalue weighted by molar-refractivity contribution is -0.137. The molecule has 3 fully saturated rings. The molecule has 0 saturated carbocycles. The van der Waals surface area contributed by atoms with Crippen LogP contribution in [0.25, 0.3) is 16.7 Å². The lowest BCUT2D eigenvalue weighted by Gasteiger charge is -2.35. The van der Waals surface area contributed by atoms with Crippen LogP contribution in [0.3, 0.4) is 0 Å². The number of aromatic nitrogens is 4. The van der Waals surface area contributed by atoms with Gasteiger partial charge in [-0.3, -0.25) is 9.69 Å². The van der Waals surface area contributed by atoms with Gasteiger partial charge in [-0.1, -0.05) is 0 Å². The molecular weight excluding hydrogens is 479 g/mol. The molecule has 37 heavy (non-hydrogen) atoms. The third kappa shape index (κ3) is 4.50. The summed E-state index contributed by atoms with van der Waals surface area (Å²) >= 11 is 0. The standard InChI is InChI=1S/C26H31FN6O4/c1-15-7-16-11-28-33(22(16)9-20(15)19-3-5-31(13-21(19)27)6-4-25(34)35)24-10-23(29-26(30-24)36-2)32-12-18-8-17(32)14-37-18/h7,9-11,17-19,21H,3-6,8,12-14H2,1-2H3,(H,34,35)/t17-,18-,19?,21?/m0/s1. The number of fused-ring (bicyclic) bond motifs is 3. The average Bonchev–Trinajstić information content (AvgIpc) is 3.63. The van der Waals surface area contributed by atoms with Crippen molar-refractivity contribution in [1.82, 2.24) is 24.6 Å². The summed E-state index contributed by atoms with van der Waals surface area (Å²) in [6, 6.07) is 6.57. The van der Waals surface area contributed by atoms with E-state index >= 15 is 4.39 Å². The summed E-state index contributed by atoms with van der Waals surface area (Å²) in [4.78, 5) is 24.2. The van der Waals surface area contributed by atoms with Gasteiger partial charge in [-0.15, -0.1) is 0 Å². The first-order chi connectivity index (χ1) is 17.9. The topological polar surface area (TPSA) is 106 Å². The van der Waals surface area contributed by atoms with Crippen molar-refractivity contribution in [2.75, 3.05) is 44.8 Å². The van der Waals surface area contributed by atoms with Gasteiger partial charge in [0.15, 0.2) is 5.82 Å². The number of aliphatic carboxylic acids is 1. The lowest BCUT2D eigenvalue weighted by Crippen LogP contribution is -2.41. The molecule has 1 N–H and O–H groups in total. The number of nitrogens with zero attached hydrogens (tertiary/aromatic N) is 6. The number of hydrogen-bond acceptors (Lipinski definition) is 8. The molecule has 196 valence electrons. The molecule has 2 bridgehead atoms. The van der Waals surface area contributed by atoms with Gasteiger partial charge >= 0.3 is 12.0 Å². The van der Waals surface area contributed by atoms with Crippen molar-refractivity contribution in [2.24, 2.45) is 0 Å². The lowest BCUT2D eigenvalue weighted by atomic mass is 9.85. The minimum absolute atomic E-state index is 0.0256. The second kappa shape index (κ2) is 9.53. The summed E-state index contributed by atoms with van der Waals surface area (Å²) < 4.78 is 28.3. The minimum atomic E-state index is -1.08. The number of anilines is 1. The number of alkyl halides is 1. The third-order valence-electron chi connectivity index (χ3n) is 7.90. The van der Waals surface area contributed by atoms with Gasteiger partial charge in [-0.05, 0) is 49.6 Å². The van der Waals surface area contributed by atoms with Crippen LogP contribution in [-0.2, 0) is 9.53 Å². The molecule has 5 heterocycles. The average molecular weight is 511 g/mol. The van der Waals surface area contributed by atoms with E-state index in [1.165, 1.54) is 0 Å². The number of methoxy groups -OCH3 is 1. The fraction of sp³-hybridized carbons (Fsp3) is 0.538. The Balaban J connectivity index is 1.32. The largest absolute Gasteiger partial charge is 0.481 e. The number of piperidine rings is 1. The quantitative estimate of drug-likeness (QED) is 0.514. The number of rotatable bonds is 7. The number of hydrogen-bond donors (Lipinski definition) is 1. The maximum absolute atomic E-state index is 15.4. The van der Waals surface area contributed by atoms with Crippen molar-refractivity contribution in [3.63, 3.8) is 0 Å². The Morgan fingerprint density at radius 1 is 1.24 bits per heavy atom. The van der Waals surface area contributed by atoms with E-state index in [1.54, 1.807) is 18.0 Å². The number of halogens is 1. The SMILES string of the molecule is COc1nc(N2C[C@@H]3C[C@H]2CO3)cc(-n2ncc3cc(C)c(C4CCN(CCC(=O)O)CC4F)cc32)n1.